The predicted octanol–water partition coefficient (Wildman–Crippen LogP) is 1.72. The summed E-state index contributed by atoms with van der Waals surface area (Å²) in [7, 11) is 1.55. The van der Waals surface area contributed by atoms with E-state index in [9.17, 15) is 9.59 Å². The molecule has 2 rings (SSSR count). The lowest BCUT2D eigenvalue weighted by atomic mass is 10.1. The van der Waals surface area contributed by atoms with Crippen LogP contribution in [-0.4, -0.2) is 35.4 Å². The van der Waals surface area contributed by atoms with Crippen molar-refractivity contribution in [2.75, 3.05) is 24.3 Å². The molecule has 1 aliphatic heterocycles. The minimum Gasteiger partial charge on any atom is -0.481 e. The Morgan fingerprint density at radius 1 is 1.58 bits per heavy atom. The highest BCUT2D eigenvalue weighted by molar-refractivity contribution is 8.13. The van der Waals surface area contributed by atoms with Gasteiger partial charge in [-0.3, -0.25) is 9.59 Å². The molecule has 0 spiro atoms. The van der Waals surface area contributed by atoms with Crippen LogP contribution in [0.15, 0.2) is 18.3 Å². The molecule has 0 aliphatic carbocycles. The number of hydrogen-bond donors (Lipinski definition) is 0. The van der Waals surface area contributed by atoms with E-state index in [1.807, 2.05) is 6.07 Å². The van der Waals surface area contributed by atoms with Crippen molar-refractivity contribution in [3.05, 3.63) is 18.3 Å². The molecule has 1 saturated heterocycles. The Morgan fingerprint density at radius 3 is 2.95 bits per heavy atom. The smallest absolute Gasteiger partial charge is 0.227 e. The van der Waals surface area contributed by atoms with Crippen LogP contribution in [0.2, 0.25) is 0 Å². The first-order chi connectivity index (χ1) is 9.10. The summed E-state index contributed by atoms with van der Waals surface area (Å²) in [5, 5.41) is 0.0945. The van der Waals surface area contributed by atoms with Gasteiger partial charge in [0, 0.05) is 31.7 Å². The van der Waals surface area contributed by atoms with Crippen molar-refractivity contribution in [2.45, 2.75) is 13.3 Å². The third kappa shape index (κ3) is 3.47. The van der Waals surface area contributed by atoms with Crippen molar-refractivity contribution < 1.29 is 14.3 Å². The first-order valence-electron chi connectivity index (χ1n) is 6.04. The SMILES string of the molecule is COc1ccc(N2CC(CSC(C)=O)CC2=O)cn1. The van der Waals surface area contributed by atoms with Gasteiger partial charge in [0.1, 0.15) is 0 Å². The van der Waals surface area contributed by atoms with Crippen molar-refractivity contribution >= 4 is 28.5 Å². The molecular weight excluding hydrogens is 264 g/mol. The zero-order valence-electron chi connectivity index (χ0n) is 11.0. The number of amides is 1. The fraction of sp³-hybridized carbons (Fsp3) is 0.462. The van der Waals surface area contributed by atoms with Crippen LogP contribution < -0.4 is 9.64 Å². The van der Waals surface area contributed by atoms with Crippen molar-refractivity contribution in [1.29, 1.82) is 0 Å². The van der Waals surface area contributed by atoms with Gasteiger partial charge in [-0.05, 0) is 12.0 Å². The van der Waals surface area contributed by atoms with Crippen LogP contribution in [-0.2, 0) is 9.59 Å². The number of carbonyl (C=O) groups excluding carboxylic acids is 2. The van der Waals surface area contributed by atoms with Crippen LogP contribution in [0.5, 0.6) is 5.88 Å². The Morgan fingerprint density at radius 2 is 2.37 bits per heavy atom. The molecule has 5 nitrogen and oxygen atoms in total. The Balaban J connectivity index is 2.00. The second kappa shape index (κ2) is 6.06. The third-order valence-corrected chi connectivity index (χ3v) is 4.01. The topological polar surface area (TPSA) is 59.5 Å². The van der Waals surface area contributed by atoms with Gasteiger partial charge in [0.25, 0.3) is 0 Å². The molecule has 1 atom stereocenters. The number of pyridine rings is 1. The number of rotatable bonds is 4. The maximum absolute atomic E-state index is 12.0. The zero-order chi connectivity index (χ0) is 13.8. The second-order valence-electron chi connectivity index (χ2n) is 4.44. The number of carbonyl (C=O) groups is 2. The van der Waals surface area contributed by atoms with Crippen molar-refractivity contribution in [3.8, 4) is 5.88 Å². The van der Waals surface area contributed by atoms with Gasteiger partial charge >= 0.3 is 0 Å². The van der Waals surface area contributed by atoms with Crippen LogP contribution in [0.3, 0.4) is 0 Å². The molecule has 1 aromatic rings. The maximum atomic E-state index is 12.0. The molecule has 1 aromatic heterocycles. The van der Waals surface area contributed by atoms with Gasteiger partial charge in [0.05, 0.1) is 19.0 Å². The normalized spacial score (nSPS) is 18.7. The zero-order valence-corrected chi connectivity index (χ0v) is 11.8. The number of nitrogens with zero attached hydrogens (tertiary/aromatic N) is 2. The van der Waals surface area contributed by atoms with Crippen molar-refractivity contribution in [1.82, 2.24) is 4.98 Å². The van der Waals surface area contributed by atoms with Crippen molar-refractivity contribution in [2.24, 2.45) is 5.92 Å². The summed E-state index contributed by atoms with van der Waals surface area (Å²) in [4.78, 5) is 28.7. The van der Waals surface area contributed by atoms with Crippen molar-refractivity contribution in [3.63, 3.8) is 0 Å². The fourth-order valence-electron chi connectivity index (χ4n) is 2.03. The Kier molecular flexibility index (Phi) is 4.42. The lowest BCUT2D eigenvalue weighted by Gasteiger charge is -2.16. The van der Waals surface area contributed by atoms with E-state index in [1.54, 1.807) is 31.2 Å². The first kappa shape index (κ1) is 13.9. The molecule has 1 amide bonds. The van der Waals surface area contributed by atoms with Gasteiger partial charge in [-0.15, -0.1) is 0 Å². The van der Waals surface area contributed by atoms with Crippen LogP contribution >= 0.6 is 11.8 Å². The van der Waals surface area contributed by atoms with E-state index in [-0.39, 0.29) is 16.9 Å². The molecule has 1 aliphatic rings. The molecule has 1 fully saturated rings. The van der Waals surface area contributed by atoms with E-state index in [4.69, 9.17) is 4.74 Å². The number of ether oxygens (including phenoxy) is 1. The Bertz CT molecular complexity index is 475. The third-order valence-electron chi connectivity index (χ3n) is 2.97. The van der Waals surface area contributed by atoms with Gasteiger partial charge < -0.3 is 9.64 Å². The highest BCUT2D eigenvalue weighted by Gasteiger charge is 2.30. The molecule has 0 bridgehead atoms. The molecule has 1 unspecified atom stereocenters. The number of hydrogen-bond acceptors (Lipinski definition) is 5. The highest BCUT2D eigenvalue weighted by atomic mass is 32.2. The minimum atomic E-state index is 0.0844. The van der Waals surface area contributed by atoms with E-state index in [2.05, 4.69) is 4.98 Å². The van der Waals surface area contributed by atoms with Crippen LogP contribution in [0.1, 0.15) is 13.3 Å². The average molecular weight is 280 g/mol. The van der Waals surface area contributed by atoms with Gasteiger partial charge in [0.15, 0.2) is 5.12 Å². The lowest BCUT2D eigenvalue weighted by molar-refractivity contribution is -0.117. The number of thioether (sulfide) groups is 1. The summed E-state index contributed by atoms with van der Waals surface area (Å²) in [6.07, 6.45) is 2.13. The summed E-state index contributed by atoms with van der Waals surface area (Å²) >= 11 is 1.28. The monoisotopic (exact) mass is 280 g/mol. The number of aromatic nitrogens is 1. The standard InChI is InChI=1S/C13H16N2O3S/c1-9(16)19-8-10-5-13(17)15(7-10)11-3-4-12(18-2)14-6-11/h3-4,6,10H,5,7-8H2,1-2H3. The van der Waals surface area contributed by atoms with Gasteiger partial charge in [-0.25, -0.2) is 4.98 Å². The number of methoxy groups -OCH3 is 1. The van der Waals surface area contributed by atoms with E-state index >= 15 is 0 Å². The van der Waals surface area contributed by atoms with Crippen LogP contribution in [0.4, 0.5) is 5.69 Å². The van der Waals surface area contributed by atoms with Gasteiger partial charge in [-0.2, -0.15) is 0 Å². The molecule has 102 valence electrons. The lowest BCUT2D eigenvalue weighted by Crippen LogP contribution is -2.24. The maximum Gasteiger partial charge on any atom is 0.227 e. The molecule has 0 saturated carbocycles. The highest BCUT2D eigenvalue weighted by Crippen LogP contribution is 2.27. The fourth-order valence-corrected chi connectivity index (χ4v) is 2.72. The molecule has 2 heterocycles. The summed E-state index contributed by atoms with van der Waals surface area (Å²) < 4.78 is 4.99. The predicted molar refractivity (Wildman–Crippen MR) is 74.4 cm³/mol. The average Bonchev–Trinajstić information content (AvgIpc) is 2.78. The van der Waals surface area contributed by atoms with E-state index in [1.165, 1.54) is 11.8 Å². The first-order valence-corrected chi connectivity index (χ1v) is 7.02. The van der Waals surface area contributed by atoms with E-state index < -0.39 is 0 Å². The second-order valence-corrected chi connectivity index (χ2v) is 5.63. The molecule has 6 heteroatoms. The quantitative estimate of drug-likeness (QED) is 0.840. The summed E-state index contributed by atoms with van der Waals surface area (Å²) in [6, 6.07) is 3.56. The Hall–Kier alpha value is -1.56. The molecule has 19 heavy (non-hydrogen) atoms. The van der Waals surface area contributed by atoms with Crippen LogP contribution in [0, 0.1) is 5.92 Å². The summed E-state index contributed by atoms with van der Waals surface area (Å²) in [5.41, 5.74) is 0.779. The van der Waals surface area contributed by atoms with Gasteiger partial charge in [-0.1, -0.05) is 11.8 Å². The minimum absolute atomic E-state index is 0.0844. The summed E-state index contributed by atoms with van der Waals surface area (Å²) in [5.74, 6) is 1.53. The molecule has 0 radical (unpaired) electrons. The summed E-state index contributed by atoms with van der Waals surface area (Å²) in [6.45, 7) is 2.19. The largest absolute Gasteiger partial charge is 0.481 e. The molecular formula is C13H16N2O3S. The van der Waals surface area contributed by atoms with Gasteiger partial charge in [0.2, 0.25) is 11.8 Å². The molecule has 0 N–H and O–H groups in total. The van der Waals surface area contributed by atoms with E-state index in [0.29, 0.717) is 24.6 Å². The number of anilines is 1. The Labute approximate surface area is 116 Å². The van der Waals surface area contributed by atoms with E-state index in [0.717, 1.165) is 5.69 Å². The molecule has 0 aromatic carbocycles. The van der Waals surface area contributed by atoms with Crippen LogP contribution in [0.25, 0.3) is 0 Å².